The molecule has 1 aliphatic carbocycles. The molecule has 2 nitrogen and oxygen atoms in total. The van der Waals surface area contributed by atoms with Gasteiger partial charge in [-0.2, -0.15) is 0 Å². The second-order valence-corrected chi connectivity index (χ2v) is 3.63. The molecule has 0 saturated heterocycles. The maximum Gasteiger partial charge on any atom is 0.123 e. The Hall–Kier alpha value is -0.440. The van der Waals surface area contributed by atoms with Crippen molar-refractivity contribution >= 4 is 6.29 Å². The van der Waals surface area contributed by atoms with Crippen LogP contribution in [0.25, 0.3) is 0 Å². The van der Waals surface area contributed by atoms with Gasteiger partial charge in [-0.25, -0.2) is 4.39 Å². The first-order chi connectivity index (χ1) is 5.77. The van der Waals surface area contributed by atoms with Gasteiger partial charge >= 0.3 is 0 Å². The summed E-state index contributed by atoms with van der Waals surface area (Å²) in [5.74, 6) is 0.499. The molecule has 0 spiro atoms. The van der Waals surface area contributed by atoms with Crippen LogP contribution in [0.1, 0.15) is 25.7 Å². The first kappa shape index (κ1) is 9.65. The molecule has 2 N–H and O–H groups in total. The van der Waals surface area contributed by atoms with Crippen molar-refractivity contribution in [2.75, 3.05) is 6.67 Å². The summed E-state index contributed by atoms with van der Waals surface area (Å²) in [6.45, 7) is -0.434. The molecule has 1 fully saturated rings. The Bertz CT molecular complexity index is 143. The molecule has 0 aromatic heterocycles. The van der Waals surface area contributed by atoms with Crippen LogP contribution in [0.3, 0.4) is 0 Å². The predicted molar refractivity (Wildman–Crippen MR) is 45.5 cm³/mol. The van der Waals surface area contributed by atoms with Crippen LogP contribution in [0, 0.1) is 11.8 Å². The Morgan fingerprint density at radius 1 is 1.42 bits per heavy atom. The van der Waals surface area contributed by atoms with E-state index in [-0.39, 0.29) is 12.0 Å². The van der Waals surface area contributed by atoms with Crippen LogP contribution in [0.4, 0.5) is 4.39 Å². The fourth-order valence-corrected chi connectivity index (χ4v) is 1.84. The minimum Gasteiger partial charge on any atom is -0.325 e. The molecule has 1 aliphatic rings. The van der Waals surface area contributed by atoms with Crippen molar-refractivity contribution in [3.05, 3.63) is 0 Å². The standard InChI is InChI=1S/C9H16FNO/c10-5-9(11)8-3-1-7(6-12)2-4-8/h6-9H,1-5,11H2. The molecule has 0 aliphatic heterocycles. The van der Waals surface area contributed by atoms with Crippen molar-refractivity contribution in [1.29, 1.82) is 0 Å². The molecule has 1 rings (SSSR count). The zero-order chi connectivity index (χ0) is 8.97. The highest BCUT2D eigenvalue weighted by Gasteiger charge is 2.24. The van der Waals surface area contributed by atoms with E-state index in [0.29, 0.717) is 5.92 Å². The van der Waals surface area contributed by atoms with Gasteiger partial charge in [-0.05, 0) is 31.6 Å². The number of hydrogen-bond donors (Lipinski definition) is 1. The fraction of sp³-hybridized carbons (Fsp3) is 0.889. The van der Waals surface area contributed by atoms with Crippen LogP contribution in [-0.4, -0.2) is 19.0 Å². The maximum atomic E-state index is 12.2. The molecule has 1 unspecified atom stereocenters. The lowest BCUT2D eigenvalue weighted by Gasteiger charge is -2.28. The van der Waals surface area contributed by atoms with Gasteiger partial charge in [-0.1, -0.05) is 0 Å². The quantitative estimate of drug-likeness (QED) is 0.653. The summed E-state index contributed by atoms with van der Waals surface area (Å²) in [6, 6.07) is -0.308. The van der Waals surface area contributed by atoms with Gasteiger partial charge in [0.15, 0.2) is 0 Å². The van der Waals surface area contributed by atoms with Crippen LogP contribution in [0.2, 0.25) is 0 Å². The van der Waals surface area contributed by atoms with Gasteiger partial charge in [0.25, 0.3) is 0 Å². The number of alkyl halides is 1. The first-order valence-corrected chi connectivity index (χ1v) is 4.54. The number of hydrogen-bond acceptors (Lipinski definition) is 2. The number of carbonyl (C=O) groups is 1. The highest BCUT2D eigenvalue weighted by molar-refractivity contribution is 5.53. The molecule has 0 amide bonds. The van der Waals surface area contributed by atoms with E-state index in [1.165, 1.54) is 0 Å². The molecule has 1 saturated carbocycles. The van der Waals surface area contributed by atoms with Crippen molar-refractivity contribution in [2.45, 2.75) is 31.7 Å². The minimum absolute atomic E-state index is 0.202. The summed E-state index contributed by atoms with van der Waals surface area (Å²) >= 11 is 0. The Morgan fingerprint density at radius 3 is 2.42 bits per heavy atom. The molecule has 3 heteroatoms. The number of aldehydes is 1. The second-order valence-electron chi connectivity index (χ2n) is 3.63. The van der Waals surface area contributed by atoms with E-state index in [2.05, 4.69) is 0 Å². The van der Waals surface area contributed by atoms with Crippen molar-refractivity contribution < 1.29 is 9.18 Å². The average Bonchev–Trinajstić information content (AvgIpc) is 2.17. The Labute approximate surface area is 72.3 Å². The largest absolute Gasteiger partial charge is 0.325 e. The van der Waals surface area contributed by atoms with Gasteiger partial charge in [0.1, 0.15) is 13.0 Å². The van der Waals surface area contributed by atoms with Gasteiger partial charge in [0, 0.05) is 12.0 Å². The average molecular weight is 173 g/mol. The van der Waals surface area contributed by atoms with Gasteiger partial charge in [0.05, 0.1) is 0 Å². The second kappa shape index (κ2) is 4.55. The SMILES string of the molecule is NC(CF)C1CCC(C=O)CC1. The fourth-order valence-electron chi connectivity index (χ4n) is 1.84. The molecule has 70 valence electrons. The van der Waals surface area contributed by atoms with Crippen LogP contribution >= 0.6 is 0 Å². The summed E-state index contributed by atoms with van der Waals surface area (Å²) in [4.78, 5) is 10.4. The highest BCUT2D eigenvalue weighted by atomic mass is 19.1. The minimum atomic E-state index is -0.434. The molecule has 12 heavy (non-hydrogen) atoms. The summed E-state index contributed by atoms with van der Waals surface area (Å²) < 4.78 is 12.2. The molecule has 0 heterocycles. The van der Waals surface area contributed by atoms with Gasteiger partial charge < -0.3 is 10.5 Å². The first-order valence-electron chi connectivity index (χ1n) is 4.54. The van der Waals surface area contributed by atoms with Crippen LogP contribution in [0.5, 0.6) is 0 Å². The van der Waals surface area contributed by atoms with E-state index in [0.717, 1.165) is 32.0 Å². The highest BCUT2D eigenvalue weighted by Crippen LogP contribution is 2.29. The lowest BCUT2D eigenvalue weighted by molar-refractivity contribution is -0.112. The van der Waals surface area contributed by atoms with E-state index in [1.54, 1.807) is 0 Å². The Morgan fingerprint density at radius 2 is 2.00 bits per heavy atom. The van der Waals surface area contributed by atoms with Gasteiger partial charge in [0.2, 0.25) is 0 Å². The van der Waals surface area contributed by atoms with E-state index >= 15 is 0 Å². The summed E-state index contributed by atoms with van der Waals surface area (Å²) in [5.41, 5.74) is 5.57. The monoisotopic (exact) mass is 173 g/mol. The Balaban J connectivity index is 2.30. The molecule has 0 radical (unpaired) electrons. The molecule has 0 bridgehead atoms. The van der Waals surface area contributed by atoms with Gasteiger partial charge in [-0.3, -0.25) is 0 Å². The lowest BCUT2D eigenvalue weighted by atomic mass is 9.79. The van der Waals surface area contributed by atoms with Crippen LogP contribution in [0.15, 0.2) is 0 Å². The van der Waals surface area contributed by atoms with E-state index in [9.17, 15) is 9.18 Å². The normalized spacial score (nSPS) is 32.8. The van der Waals surface area contributed by atoms with Crippen LogP contribution in [-0.2, 0) is 4.79 Å². The zero-order valence-electron chi connectivity index (χ0n) is 7.21. The zero-order valence-corrected chi connectivity index (χ0v) is 7.21. The van der Waals surface area contributed by atoms with Crippen molar-refractivity contribution in [2.24, 2.45) is 17.6 Å². The van der Waals surface area contributed by atoms with Crippen molar-refractivity contribution in [1.82, 2.24) is 0 Å². The van der Waals surface area contributed by atoms with Gasteiger partial charge in [-0.15, -0.1) is 0 Å². The third-order valence-electron chi connectivity index (χ3n) is 2.79. The molecular weight excluding hydrogens is 157 g/mol. The topological polar surface area (TPSA) is 43.1 Å². The number of nitrogens with two attached hydrogens (primary N) is 1. The van der Waals surface area contributed by atoms with Crippen molar-refractivity contribution in [3.63, 3.8) is 0 Å². The Kier molecular flexibility index (Phi) is 3.66. The number of halogens is 1. The molecule has 0 aromatic carbocycles. The lowest BCUT2D eigenvalue weighted by Crippen LogP contribution is -2.34. The summed E-state index contributed by atoms with van der Waals surface area (Å²) in [7, 11) is 0. The third kappa shape index (κ3) is 2.27. The third-order valence-corrected chi connectivity index (χ3v) is 2.79. The summed E-state index contributed by atoms with van der Waals surface area (Å²) in [5, 5.41) is 0. The van der Waals surface area contributed by atoms with E-state index in [1.807, 2.05) is 0 Å². The van der Waals surface area contributed by atoms with Crippen LogP contribution < -0.4 is 5.73 Å². The number of rotatable bonds is 3. The van der Waals surface area contributed by atoms with Crippen molar-refractivity contribution in [3.8, 4) is 0 Å². The maximum absolute atomic E-state index is 12.2. The summed E-state index contributed by atoms with van der Waals surface area (Å²) in [6.07, 6.45) is 4.61. The smallest absolute Gasteiger partial charge is 0.123 e. The molecular formula is C9H16FNO. The van der Waals surface area contributed by atoms with E-state index < -0.39 is 6.67 Å². The predicted octanol–water partition coefficient (Wildman–Crippen LogP) is 1.29. The molecule has 0 aromatic rings. The number of carbonyl (C=O) groups excluding carboxylic acids is 1. The molecule has 1 atom stereocenters. The van der Waals surface area contributed by atoms with E-state index in [4.69, 9.17) is 5.73 Å².